The van der Waals surface area contributed by atoms with Crippen LogP contribution in [0, 0.1) is 0 Å². The van der Waals surface area contributed by atoms with E-state index in [0.717, 1.165) is 24.3 Å². The molecule has 3 aromatic rings. The van der Waals surface area contributed by atoms with Crippen molar-refractivity contribution in [2.75, 3.05) is 11.4 Å². The van der Waals surface area contributed by atoms with Crippen LogP contribution in [0.1, 0.15) is 22.5 Å². The van der Waals surface area contributed by atoms with E-state index >= 15 is 0 Å². The van der Waals surface area contributed by atoms with E-state index in [4.69, 9.17) is 4.74 Å². The molecule has 1 saturated carbocycles. The Balaban J connectivity index is 1.57. The minimum atomic E-state index is -0.215. The summed E-state index contributed by atoms with van der Waals surface area (Å²) in [6.07, 6.45) is 1.96. The van der Waals surface area contributed by atoms with Crippen LogP contribution in [-0.4, -0.2) is 38.7 Å². The summed E-state index contributed by atoms with van der Waals surface area (Å²) in [4.78, 5) is 15.7. The van der Waals surface area contributed by atoms with Crippen LogP contribution in [0.4, 0.5) is 5.69 Å². The van der Waals surface area contributed by atoms with E-state index in [2.05, 4.69) is 20.6 Å². The maximum absolute atomic E-state index is 13.2. The number of benzene rings is 1. The van der Waals surface area contributed by atoms with E-state index in [1.165, 1.54) is 11.3 Å². The van der Waals surface area contributed by atoms with E-state index in [0.29, 0.717) is 22.8 Å². The number of amides is 1. The second kappa shape index (κ2) is 4.88. The van der Waals surface area contributed by atoms with Gasteiger partial charge in [0.05, 0.1) is 12.2 Å². The molecule has 0 radical (unpaired) electrons. The summed E-state index contributed by atoms with van der Waals surface area (Å²) in [6.45, 7) is 0.576. The summed E-state index contributed by atoms with van der Waals surface area (Å²) in [5.41, 5.74) is 1.30. The van der Waals surface area contributed by atoms with Gasteiger partial charge in [-0.3, -0.25) is 4.79 Å². The summed E-state index contributed by atoms with van der Waals surface area (Å²) in [7, 11) is 0. The average molecular weight is 339 g/mol. The first-order chi connectivity index (χ1) is 11.8. The number of aromatic amines is 1. The Morgan fingerprint density at radius 1 is 1.29 bits per heavy atom. The molecule has 1 spiro atoms. The van der Waals surface area contributed by atoms with Gasteiger partial charge in [0.2, 0.25) is 5.82 Å². The summed E-state index contributed by atoms with van der Waals surface area (Å²) in [5, 5.41) is 15.9. The zero-order valence-electron chi connectivity index (χ0n) is 12.6. The predicted octanol–water partition coefficient (Wildman–Crippen LogP) is 2.50. The number of nitrogens with one attached hydrogen (secondary N) is 1. The summed E-state index contributed by atoms with van der Waals surface area (Å²) < 4.78 is 6.10. The molecule has 1 N–H and O–H groups in total. The molecule has 1 aromatic carbocycles. The molecular formula is C16H13N5O2S. The largest absolute Gasteiger partial charge is 0.483 e. The molecule has 5 rings (SSSR count). The van der Waals surface area contributed by atoms with Gasteiger partial charge < -0.3 is 9.64 Å². The predicted molar refractivity (Wildman–Crippen MR) is 88.2 cm³/mol. The maximum atomic E-state index is 13.2. The van der Waals surface area contributed by atoms with Gasteiger partial charge in [0, 0.05) is 5.56 Å². The Hall–Kier alpha value is -2.74. The lowest BCUT2D eigenvalue weighted by Gasteiger charge is -2.35. The van der Waals surface area contributed by atoms with Crippen LogP contribution < -0.4 is 9.64 Å². The molecule has 0 atom stereocenters. The number of fused-ring (bicyclic) bond motifs is 1. The molecule has 2 aromatic heterocycles. The highest BCUT2D eigenvalue weighted by molar-refractivity contribution is 7.12. The van der Waals surface area contributed by atoms with Gasteiger partial charge >= 0.3 is 0 Å². The number of H-pyrrole nitrogens is 1. The van der Waals surface area contributed by atoms with Crippen LogP contribution in [-0.2, 0) is 0 Å². The molecule has 0 unspecified atom stereocenters. The number of tetrazole rings is 1. The normalized spacial score (nSPS) is 17.4. The van der Waals surface area contributed by atoms with E-state index < -0.39 is 0 Å². The van der Waals surface area contributed by atoms with Crippen LogP contribution in [0.3, 0.4) is 0 Å². The second-order valence-corrected chi connectivity index (χ2v) is 6.96. The molecule has 8 heteroatoms. The Bertz CT molecular complexity index is 916. The Morgan fingerprint density at radius 2 is 2.17 bits per heavy atom. The summed E-state index contributed by atoms with van der Waals surface area (Å²) in [6, 6.07) is 9.54. The molecule has 2 aliphatic rings. The Labute approximate surface area is 141 Å². The highest BCUT2D eigenvalue weighted by atomic mass is 32.1. The number of nitrogens with zero attached hydrogens (tertiary/aromatic N) is 4. The van der Waals surface area contributed by atoms with Gasteiger partial charge in [-0.05, 0) is 41.6 Å². The third-order valence-corrected chi connectivity index (χ3v) is 5.33. The zero-order chi connectivity index (χ0) is 16.1. The highest BCUT2D eigenvalue weighted by Crippen LogP contribution is 2.48. The zero-order valence-corrected chi connectivity index (χ0v) is 13.4. The number of aromatic nitrogens is 4. The van der Waals surface area contributed by atoms with E-state index in [1.54, 1.807) is 0 Å². The molecule has 3 heterocycles. The van der Waals surface area contributed by atoms with Crippen LogP contribution in [0.25, 0.3) is 11.4 Å². The van der Waals surface area contributed by atoms with Crippen molar-refractivity contribution in [1.82, 2.24) is 20.6 Å². The van der Waals surface area contributed by atoms with Crippen LogP contribution in [0.2, 0.25) is 0 Å². The molecule has 1 amide bonds. The minimum Gasteiger partial charge on any atom is -0.483 e. The number of ether oxygens (including phenoxy) is 1. The van der Waals surface area contributed by atoms with Crippen molar-refractivity contribution in [3.8, 4) is 17.1 Å². The van der Waals surface area contributed by atoms with Gasteiger partial charge in [0.25, 0.3) is 5.91 Å². The molecule has 7 nitrogen and oxygen atoms in total. The van der Waals surface area contributed by atoms with Gasteiger partial charge in [-0.2, -0.15) is 5.21 Å². The van der Waals surface area contributed by atoms with Crippen LogP contribution in [0.5, 0.6) is 5.75 Å². The average Bonchev–Trinajstić information content (AvgIpc) is 3.05. The van der Waals surface area contributed by atoms with Crippen molar-refractivity contribution < 1.29 is 9.53 Å². The molecule has 120 valence electrons. The number of thiophene rings is 1. The Kier molecular flexibility index (Phi) is 2.78. The van der Waals surface area contributed by atoms with Crippen molar-refractivity contribution in [2.45, 2.75) is 18.4 Å². The van der Waals surface area contributed by atoms with Gasteiger partial charge in [-0.1, -0.05) is 12.1 Å². The number of rotatable bonds is 2. The lowest BCUT2D eigenvalue weighted by molar-refractivity contribution is 0.0948. The minimum absolute atomic E-state index is 0.0492. The van der Waals surface area contributed by atoms with E-state index in [1.807, 2.05) is 40.6 Å². The number of carbonyl (C=O) groups excluding carboxylic acids is 1. The molecule has 24 heavy (non-hydrogen) atoms. The third kappa shape index (κ3) is 2.03. The van der Waals surface area contributed by atoms with Crippen molar-refractivity contribution in [3.05, 3.63) is 40.6 Å². The lowest BCUT2D eigenvalue weighted by Crippen LogP contribution is -2.45. The monoisotopic (exact) mass is 339 g/mol. The first-order valence-corrected chi connectivity index (χ1v) is 8.55. The first-order valence-electron chi connectivity index (χ1n) is 7.67. The molecule has 1 aliphatic heterocycles. The number of anilines is 1. The van der Waals surface area contributed by atoms with E-state index in [-0.39, 0.29) is 11.5 Å². The number of carbonyl (C=O) groups is 1. The lowest BCUT2D eigenvalue weighted by atomic mass is 10.1. The van der Waals surface area contributed by atoms with Crippen LogP contribution in [0.15, 0.2) is 35.7 Å². The van der Waals surface area contributed by atoms with Gasteiger partial charge in [-0.15, -0.1) is 21.5 Å². The number of hydrogen-bond donors (Lipinski definition) is 1. The van der Waals surface area contributed by atoms with Gasteiger partial charge in [-0.25, -0.2) is 0 Å². The fourth-order valence-electron chi connectivity index (χ4n) is 3.04. The fraction of sp³-hybridized carbons (Fsp3) is 0.250. The van der Waals surface area contributed by atoms with Crippen LogP contribution >= 0.6 is 11.3 Å². The van der Waals surface area contributed by atoms with Crippen molar-refractivity contribution in [3.63, 3.8) is 0 Å². The second-order valence-electron chi connectivity index (χ2n) is 6.04. The molecular weight excluding hydrogens is 326 g/mol. The molecule has 0 bridgehead atoms. The van der Waals surface area contributed by atoms with E-state index in [9.17, 15) is 4.79 Å². The highest BCUT2D eigenvalue weighted by Gasteiger charge is 2.51. The SMILES string of the molecule is O=C(c1sccc1-c1nn[nH]n1)N1CC2(CC2)Oc2ccccc21. The van der Waals surface area contributed by atoms with Gasteiger partial charge in [0.1, 0.15) is 16.2 Å². The number of para-hydroxylation sites is 2. The first kappa shape index (κ1) is 13.7. The summed E-state index contributed by atoms with van der Waals surface area (Å²) in [5.74, 6) is 1.15. The van der Waals surface area contributed by atoms with Gasteiger partial charge in [0.15, 0.2) is 0 Å². The maximum Gasteiger partial charge on any atom is 0.269 e. The molecule has 0 saturated heterocycles. The van der Waals surface area contributed by atoms with Crippen molar-refractivity contribution in [2.24, 2.45) is 0 Å². The van der Waals surface area contributed by atoms with Crippen molar-refractivity contribution >= 4 is 22.9 Å². The summed E-state index contributed by atoms with van der Waals surface area (Å²) >= 11 is 1.39. The number of hydrogen-bond acceptors (Lipinski definition) is 6. The Morgan fingerprint density at radius 3 is 2.96 bits per heavy atom. The quantitative estimate of drug-likeness (QED) is 0.775. The smallest absolute Gasteiger partial charge is 0.269 e. The topological polar surface area (TPSA) is 84.0 Å². The molecule has 1 aliphatic carbocycles. The fourth-order valence-corrected chi connectivity index (χ4v) is 3.87. The standard InChI is InChI=1S/C16H13N5O2S/c22-15(13-10(5-8-24-13)14-17-19-20-18-14)21-9-16(6-7-16)23-12-4-2-1-3-11(12)21/h1-5,8H,6-7,9H2,(H,17,18,19,20). The van der Waals surface area contributed by atoms with Crippen molar-refractivity contribution in [1.29, 1.82) is 0 Å². The third-order valence-electron chi connectivity index (χ3n) is 4.43. The molecule has 1 fully saturated rings.